The standard InChI is InChI=1S/C22H27F3N4O2/c1-20(2,3)31-19(30)28-8-6-21(7-9-28)12-29(13-21)18-16-5-4-15(11-22(23,24)25)10-17(16)26-14-27-18/h4-5,10,14H,6-9,11-13H2,1-3H3. The first-order chi connectivity index (χ1) is 14.4. The molecule has 2 aliphatic heterocycles. The summed E-state index contributed by atoms with van der Waals surface area (Å²) in [7, 11) is 0. The van der Waals surface area contributed by atoms with Crippen LogP contribution in [0.2, 0.25) is 0 Å². The molecule has 2 saturated heterocycles. The number of aromatic nitrogens is 2. The van der Waals surface area contributed by atoms with Crippen LogP contribution in [0.4, 0.5) is 23.8 Å². The molecule has 0 unspecified atom stereocenters. The van der Waals surface area contributed by atoms with Gasteiger partial charge in [0.2, 0.25) is 0 Å². The van der Waals surface area contributed by atoms with E-state index in [1.807, 2.05) is 20.8 Å². The molecule has 6 nitrogen and oxygen atoms in total. The van der Waals surface area contributed by atoms with Crippen molar-refractivity contribution in [3.05, 3.63) is 30.1 Å². The lowest BCUT2D eigenvalue weighted by Gasteiger charge is -2.54. The van der Waals surface area contributed by atoms with Crippen molar-refractivity contribution in [3.63, 3.8) is 0 Å². The number of amides is 1. The summed E-state index contributed by atoms with van der Waals surface area (Å²) in [6.07, 6.45) is -2.30. The minimum absolute atomic E-state index is 0.131. The summed E-state index contributed by atoms with van der Waals surface area (Å²) in [6.45, 7) is 8.52. The molecule has 168 valence electrons. The molecule has 3 heterocycles. The number of hydrogen-bond acceptors (Lipinski definition) is 5. The summed E-state index contributed by atoms with van der Waals surface area (Å²) in [5, 5.41) is 0.759. The van der Waals surface area contributed by atoms with Gasteiger partial charge in [-0.05, 0) is 51.3 Å². The third-order valence-corrected chi connectivity index (χ3v) is 5.91. The number of fused-ring (bicyclic) bond motifs is 1. The summed E-state index contributed by atoms with van der Waals surface area (Å²) in [4.78, 5) is 24.8. The van der Waals surface area contributed by atoms with Crippen LogP contribution >= 0.6 is 0 Å². The Morgan fingerprint density at radius 3 is 2.42 bits per heavy atom. The molecule has 0 radical (unpaired) electrons. The second-order valence-electron chi connectivity index (χ2n) is 9.66. The van der Waals surface area contributed by atoms with Gasteiger partial charge in [0.15, 0.2) is 0 Å². The topological polar surface area (TPSA) is 58.6 Å². The van der Waals surface area contributed by atoms with Crippen LogP contribution in [0.1, 0.15) is 39.2 Å². The number of nitrogens with zero attached hydrogens (tertiary/aromatic N) is 4. The first-order valence-electron chi connectivity index (χ1n) is 10.5. The van der Waals surface area contributed by atoms with E-state index in [-0.39, 0.29) is 17.1 Å². The van der Waals surface area contributed by atoms with Crippen molar-refractivity contribution in [3.8, 4) is 0 Å². The summed E-state index contributed by atoms with van der Waals surface area (Å²) < 4.78 is 43.6. The number of alkyl halides is 3. The monoisotopic (exact) mass is 436 g/mol. The minimum atomic E-state index is -4.25. The first kappa shape index (κ1) is 21.6. The molecule has 0 atom stereocenters. The molecule has 1 aromatic carbocycles. The molecular weight excluding hydrogens is 409 g/mol. The second kappa shape index (κ2) is 7.53. The van der Waals surface area contributed by atoms with Crippen molar-refractivity contribution >= 4 is 22.8 Å². The van der Waals surface area contributed by atoms with Gasteiger partial charge in [0.25, 0.3) is 0 Å². The smallest absolute Gasteiger partial charge is 0.410 e. The maximum Gasteiger partial charge on any atom is 0.410 e. The molecule has 1 aromatic heterocycles. The van der Waals surface area contributed by atoms with E-state index >= 15 is 0 Å². The Morgan fingerprint density at radius 1 is 1.13 bits per heavy atom. The number of halogens is 3. The van der Waals surface area contributed by atoms with Crippen LogP contribution in [0.3, 0.4) is 0 Å². The first-order valence-corrected chi connectivity index (χ1v) is 10.5. The molecule has 2 aliphatic rings. The molecule has 4 rings (SSSR count). The average molecular weight is 436 g/mol. The van der Waals surface area contributed by atoms with Crippen molar-refractivity contribution in [2.24, 2.45) is 5.41 Å². The normalized spacial score (nSPS) is 18.9. The van der Waals surface area contributed by atoms with Gasteiger partial charge in [-0.1, -0.05) is 6.07 Å². The van der Waals surface area contributed by atoms with Gasteiger partial charge >= 0.3 is 12.3 Å². The van der Waals surface area contributed by atoms with Gasteiger partial charge in [0, 0.05) is 37.0 Å². The van der Waals surface area contributed by atoms with Gasteiger partial charge in [-0.2, -0.15) is 13.2 Å². The molecule has 0 N–H and O–H groups in total. The SMILES string of the molecule is CC(C)(C)OC(=O)N1CCC2(CC1)CN(c1ncnc3cc(CC(F)(F)F)ccc13)C2. The molecule has 1 spiro atoms. The number of anilines is 1. The lowest BCUT2D eigenvalue weighted by atomic mass is 9.72. The van der Waals surface area contributed by atoms with Crippen LogP contribution in [0.25, 0.3) is 10.9 Å². The van der Waals surface area contributed by atoms with E-state index in [1.165, 1.54) is 18.5 Å². The number of likely N-dealkylation sites (tertiary alicyclic amines) is 1. The number of hydrogen-bond donors (Lipinski definition) is 0. The van der Waals surface area contributed by atoms with E-state index in [1.54, 1.807) is 11.0 Å². The highest BCUT2D eigenvalue weighted by Crippen LogP contribution is 2.43. The third kappa shape index (κ3) is 4.85. The van der Waals surface area contributed by atoms with Gasteiger partial charge in [0.1, 0.15) is 17.7 Å². The average Bonchev–Trinajstić information content (AvgIpc) is 2.63. The van der Waals surface area contributed by atoms with Crippen LogP contribution in [0.5, 0.6) is 0 Å². The van der Waals surface area contributed by atoms with Crippen LogP contribution in [-0.4, -0.2) is 58.9 Å². The fraction of sp³-hybridized carbons (Fsp3) is 0.591. The third-order valence-electron chi connectivity index (χ3n) is 5.91. The lowest BCUT2D eigenvalue weighted by Crippen LogP contribution is -2.61. The van der Waals surface area contributed by atoms with E-state index in [4.69, 9.17) is 4.74 Å². The van der Waals surface area contributed by atoms with Crippen molar-refractivity contribution in [2.75, 3.05) is 31.1 Å². The van der Waals surface area contributed by atoms with Crippen molar-refractivity contribution < 1.29 is 22.7 Å². The highest BCUT2D eigenvalue weighted by molar-refractivity contribution is 5.90. The Morgan fingerprint density at radius 2 is 1.81 bits per heavy atom. The van der Waals surface area contributed by atoms with Gasteiger partial charge in [-0.3, -0.25) is 0 Å². The lowest BCUT2D eigenvalue weighted by molar-refractivity contribution is -0.127. The van der Waals surface area contributed by atoms with Crippen LogP contribution in [0, 0.1) is 5.41 Å². The molecule has 31 heavy (non-hydrogen) atoms. The molecule has 0 aliphatic carbocycles. The van der Waals surface area contributed by atoms with Crippen LogP contribution in [-0.2, 0) is 11.2 Å². The zero-order valence-corrected chi connectivity index (χ0v) is 18.0. The van der Waals surface area contributed by atoms with Gasteiger partial charge in [-0.15, -0.1) is 0 Å². The Kier molecular flexibility index (Phi) is 5.26. The van der Waals surface area contributed by atoms with Crippen LogP contribution in [0.15, 0.2) is 24.5 Å². The van der Waals surface area contributed by atoms with Crippen molar-refractivity contribution in [1.82, 2.24) is 14.9 Å². The highest BCUT2D eigenvalue weighted by atomic mass is 19.4. The number of benzene rings is 1. The van der Waals surface area contributed by atoms with E-state index in [2.05, 4.69) is 14.9 Å². The van der Waals surface area contributed by atoms with E-state index in [9.17, 15) is 18.0 Å². The fourth-order valence-electron chi connectivity index (χ4n) is 4.40. The Labute approximate surface area is 179 Å². The van der Waals surface area contributed by atoms with E-state index < -0.39 is 18.2 Å². The molecule has 0 bridgehead atoms. The largest absolute Gasteiger partial charge is 0.444 e. The molecule has 9 heteroatoms. The zero-order chi connectivity index (χ0) is 22.4. The fourth-order valence-corrected chi connectivity index (χ4v) is 4.40. The predicted octanol–water partition coefficient (Wildman–Crippen LogP) is 4.57. The Hall–Kier alpha value is -2.58. The van der Waals surface area contributed by atoms with Gasteiger partial charge in [0.05, 0.1) is 11.9 Å². The van der Waals surface area contributed by atoms with Gasteiger partial charge in [-0.25, -0.2) is 14.8 Å². The Balaban J connectivity index is 1.41. The van der Waals surface area contributed by atoms with Crippen molar-refractivity contribution in [1.29, 1.82) is 0 Å². The summed E-state index contributed by atoms with van der Waals surface area (Å²) >= 11 is 0. The van der Waals surface area contributed by atoms with E-state index in [0.717, 1.165) is 37.1 Å². The molecular formula is C22H27F3N4O2. The number of ether oxygens (including phenoxy) is 1. The molecule has 1 amide bonds. The molecule has 2 aromatic rings. The zero-order valence-electron chi connectivity index (χ0n) is 18.0. The molecule has 2 fully saturated rings. The Bertz CT molecular complexity index is 971. The number of carbonyl (C=O) groups excluding carboxylic acids is 1. The number of carbonyl (C=O) groups is 1. The summed E-state index contributed by atoms with van der Waals surface area (Å²) in [6, 6.07) is 4.67. The number of rotatable bonds is 2. The summed E-state index contributed by atoms with van der Waals surface area (Å²) in [5.74, 6) is 0.753. The minimum Gasteiger partial charge on any atom is -0.444 e. The maximum absolute atomic E-state index is 12.7. The second-order valence-corrected chi connectivity index (χ2v) is 9.66. The van der Waals surface area contributed by atoms with Crippen molar-refractivity contribution in [2.45, 2.75) is 51.8 Å². The molecule has 0 saturated carbocycles. The summed E-state index contributed by atoms with van der Waals surface area (Å²) in [5.41, 5.74) is 0.339. The maximum atomic E-state index is 12.7. The quantitative estimate of drug-likeness (QED) is 0.690. The highest BCUT2D eigenvalue weighted by Gasteiger charge is 2.46. The number of piperidine rings is 1. The van der Waals surface area contributed by atoms with Crippen LogP contribution < -0.4 is 4.90 Å². The predicted molar refractivity (Wildman–Crippen MR) is 111 cm³/mol. The van der Waals surface area contributed by atoms with E-state index in [0.29, 0.717) is 18.6 Å². The van der Waals surface area contributed by atoms with Gasteiger partial charge < -0.3 is 14.5 Å².